The Morgan fingerprint density at radius 3 is 2.06 bits per heavy atom. The van der Waals surface area contributed by atoms with Gasteiger partial charge in [0.1, 0.15) is 17.5 Å². The molecule has 4 aromatic carbocycles. The molecule has 1 aromatic heterocycles. The van der Waals surface area contributed by atoms with Crippen molar-refractivity contribution in [1.29, 1.82) is 0 Å². The van der Waals surface area contributed by atoms with E-state index in [-0.39, 0.29) is 94.0 Å². The third kappa shape index (κ3) is 15.7. The Balaban J connectivity index is 0.883. The number of nitrogens with two attached hydrogens (primary N) is 2. The van der Waals surface area contributed by atoms with Crippen LogP contribution in [-0.2, 0) is 24.0 Å². The van der Waals surface area contributed by atoms with E-state index in [4.69, 9.17) is 27.8 Å². The van der Waals surface area contributed by atoms with Gasteiger partial charge in [0, 0.05) is 135 Å². The number of hydrogen-bond acceptors (Lipinski definition) is 13. The molecule has 0 spiro atoms. The van der Waals surface area contributed by atoms with Crippen LogP contribution in [0.4, 0.5) is 31.4 Å². The lowest BCUT2D eigenvalue weighted by molar-refractivity contribution is -0.137. The first-order valence-corrected chi connectivity index (χ1v) is 27.8. The predicted molar refractivity (Wildman–Crippen MR) is 311 cm³/mol. The normalized spacial score (nSPS) is 15.6. The number of urea groups is 2. The van der Waals surface area contributed by atoms with Gasteiger partial charge in [0.25, 0.3) is 23.6 Å². The van der Waals surface area contributed by atoms with Crippen molar-refractivity contribution in [1.82, 2.24) is 46.3 Å². The number of nitrogens with one attached hydrogen (secondary N) is 8. The molecular formula is C57H67ClN14O11. The second kappa shape index (κ2) is 28.1. The van der Waals surface area contributed by atoms with Crippen LogP contribution in [0.3, 0.4) is 0 Å². The van der Waals surface area contributed by atoms with Crippen LogP contribution in [0.1, 0.15) is 70.9 Å². The fourth-order valence-corrected chi connectivity index (χ4v) is 10.3. The number of nitrogens with zero attached hydrogens (tertiary/aromatic N) is 4. The largest absolute Gasteiger partial charge is 0.415 e. The molecule has 26 heteroatoms. The molecular weight excluding hydrogens is 1090 g/mol. The number of aromatic amines is 1. The van der Waals surface area contributed by atoms with Gasteiger partial charge in [-0.2, -0.15) is 0 Å². The van der Waals surface area contributed by atoms with Gasteiger partial charge in [-0.1, -0.05) is 24.3 Å². The SMILES string of the molecule is CN1CCN(C(=O)Oc2cc3c(c4ccccc24)[C@H](CCl)CN3C(=O)c2cc3cc(NC(=O)c4ccc(NC(=O)[C@H](CCCNC(N)=O)NC(=O)[C@H](CCCNC(N)=O)NCCNC(=O)CCCN5C(=O)C=CC5=O)cc4)ccc3[nH]2)CC1. The summed E-state index contributed by atoms with van der Waals surface area (Å²) in [5.41, 5.74) is 13.9. The highest BCUT2D eigenvalue weighted by atomic mass is 35.5. The molecule has 8 rings (SSSR count). The number of halogens is 1. The minimum Gasteiger partial charge on any atom is -0.409 e. The van der Waals surface area contributed by atoms with E-state index in [0.29, 0.717) is 65.5 Å². The molecule has 0 unspecified atom stereocenters. The number of hydrogen-bond donors (Lipinski definition) is 10. The van der Waals surface area contributed by atoms with Crippen LogP contribution in [0.5, 0.6) is 5.75 Å². The Kier molecular flexibility index (Phi) is 20.3. The third-order valence-corrected chi connectivity index (χ3v) is 14.8. The quantitative estimate of drug-likeness (QED) is 0.0228. The lowest BCUT2D eigenvalue weighted by Crippen LogP contribution is -2.52. The van der Waals surface area contributed by atoms with Crippen molar-refractivity contribution < 1.29 is 52.7 Å². The molecule has 5 aromatic rings. The Morgan fingerprint density at radius 1 is 0.723 bits per heavy atom. The van der Waals surface area contributed by atoms with E-state index in [1.807, 2.05) is 31.3 Å². The standard InChI is InChI=1S/C57H67ClN14O11/c1-69-25-27-70(28-26-69)57(82)83-46-31-45-50(40-8-3-2-7-39(40)46)36(32-58)33-72(45)54(79)44-30-35-29-38(16-17-41(35)67-44)66-51(76)34-12-14-37(15-13-34)65-53(78)43(10-5-21-64-56(60)81)68-52(77)42(9-4-20-63-55(59)80)61-22-23-62-47(73)11-6-24-71-48(74)18-19-49(71)75/h2-3,7-8,12-19,29-31,36,42-43,61,67H,4-6,9-11,20-28,32-33H2,1H3,(H,62,73)(H,65,78)(H,66,76)(H,68,77)(H3,59,63,80)(H3,60,64,81)/t36-,42+,43+/m1/s1. The molecule has 12 amide bonds. The van der Waals surface area contributed by atoms with Crippen LogP contribution in [0.25, 0.3) is 21.7 Å². The molecule has 1 saturated heterocycles. The van der Waals surface area contributed by atoms with Crippen LogP contribution >= 0.6 is 11.6 Å². The minimum absolute atomic E-state index is 0.0460. The number of fused-ring (bicyclic) bond motifs is 4. The molecule has 3 aliphatic heterocycles. The number of carbonyl (C=O) groups excluding carboxylic acids is 10. The number of anilines is 3. The van der Waals surface area contributed by atoms with Crippen LogP contribution in [-0.4, -0.2) is 170 Å². The number of likely N-dealkylation sites (N-methyl/N-ethyl adjacent to an activating group) is 1. The minimum atomic E-state index is -1.12. The highest BCUT2D eigenvalue weighted by molar-refractivity contribution is 6.19. The molecule has 83 heavy (non-hydrogen) atoms. The van der Waals surface area contributed by atoms with Gasteiger partial charge >= 0.3 is 18.2 Å². The molecule has 4 heterocycles. The Morgan fingerprint density at radius 2 is 1.39 bits per heavy atom. The van der Waals surface area contributed by atoms with Crippen molar-refractivity contribution in [2.24, 2.45) is 11.5 Å². The van der Waals surface area contributed by atoms with E-state index in [2.05, 4.69) is 47.1 Å². The number of piperazine rings is 1. The van der Waals surface area contributed by atoms with Crippen LogP contribution < -0.4 is 58.3 Å². The van der Waals surface area contributed by atoms with Gasteiger partial charge in [-0.15, -0.1) is 11.6 Å². The van der Waals surface area contributed by atoms with Crippen LogP contribution in [0, 0.1) is 0 Å². The summed E-state index contributed by atoms with van der Waals surface area (Å²) >= 11 is 6.56. The summed E-state index contributed by atoms with van der Waals surface area (Å²) in [5.74, 6) is -2.76. The van der Waals surface area contributed by atoms with E-state index in [9.17, 15) is 47.9 Å². The molecule has 438 valence electrons. The van der Waals surface area contributed by atoms with E-state index >= 15 is 0 Å². The lowest BCUT2D eigenvalue weighted by Gasteiger charge is -2.31. The zero-order valence-electron chi connectivity index (χ0n) is 45.7. The molecule has 0 aliphatic carbocycles. The molecule has 1 fully saturated rings. The summed E-state index contributed by atoms with van der Waals surface area (Å²) in [6, 6.07) is 18.8. The van der Waals surface area contributed by atoms with Crippen molar-refractivity contribution in [2.75, 3.05) is 93.9 Å². The lowest BCUT2D eigenvalue weighted by atomic mass is 9.95. The second-order valence-electron chi connectivity index (χ2n) is 20.3. The zero-order valence-corrected chi connectivity index (χ0v) is 46.5. The van der Waals surface area contributed by atoms with Crippen molar-refractivity contribution >= 4 is 110 Å². The van der Waals surface area contributed by atoms with Crippen molar-refractivity contribution in [3.63, 3.8) is 0 Å². The maximum Gasteiger partial charge on any atom is 0.415 e. The average Bonchev–Trinajstić information content (AvgIpc) is 3.12. The fourth-order valence-electron chi connectivity index (χ4n) is 10.1. The maximum atomic E-state index is 14.5. The second-order valence-corrected chi connectivity index (χ2v) is 20.6. The van der Waals surface area contributed by atoms with E-state index < -0.39 is 59.8 Å². The number of primary amides is 2. The molecule has 0 saturated carbocycles. The summed E-state index contributed by atoms with van der Waals surface area (Å²) in [5, 5.41) is 21.4. The number of H-pyrrole nitrogens is 1. The number of alkyl halides is 1. The highest BCUT2D eigenvalue weighted by Crippen LogP contribution is 2.46. The highest BCUT2D eigenvalue weighted by Gasteiger charge is 2.37. The van der Waals surface area contributed by atoms with Crippen LogP contribution in [0.2, 0.25) is 0 Å². The van der Waals surface area contributed by atoms with Gasteiger partial charge in [0.15, 0.2) is 0 Å². The monoisotopic (exact) mass is 1160 g/mol. The number of amides is 12. The van der Waals surface area contributed by atoms with Crippen molar-refractivity contribution in [3.05, 3.63) is 108 Å². The summed E-state index contributed by atoms with van der Waals surface area (Å²) in [6.45, 7) is 3.41. The molecule has 0 bridgehead atoms. The number of rotatable bonds is 25. The number of aromatic nitrogens is 1. The van der Waals surface area contributed by atoms with E-state index in [0.717, 1.165) is 34.3 Å². The number of imide groups is 1. The number of ether oxygens (including phenoxy) is 1. The van der Waals surface area contributed by atoms with Crippen LogP contribution in [0.15, 0.2) is 91.0 Å². The topological polar surface area (TPSA) is 345 Å². The zero-order chi connectivity index (χ0) is 59.2. The molecule has 3 aliphatic rings. The molecule has 25 nitrogen and oxygen atoms in total. The van der Waals surface area contributed by atoms with Crippen molar-refractivity contribution in [2.45, 2.75) is 56.5 Å². The van der Waals surface area contributed by atoms with Gasteiger partial charge < -0.3 is 73.1 Å². The maximum absolute atomic E-state index is 14.5. The number of carbonyl (C=O) groups is 10. The fraction of sp³-hybridized carbons (Fsp3) is 0.368. The summed E-state index contributed by atoms with van der Waals surface area (Å²) in [4.78, 5) is 138. The first-order chi connectivity index (χ1) is 40.0. The van der Waals surface area contributed by atoms with Gasteiger partial charge in [-0.25, -0.2) is 14.4 Å². The summed E-state index contributed by atoms with van der Waals surface area (Å²) in [7, 11) is 2.00. The predicted octanol–water partition coefficient (Wildman–Crippen LogP) is 3.40. The first-order valence-electron chi connectivity index (χ1n) is 27.3. The van der Waals surface area contributed by atoms with Gasteiger partial charge in [-0.05, 0) is 98.6 Å². The van der Waals surface area contributed by atoms with Gasteiger partial charge in [0.05, 0.1) is 11.7 Å². The molecule has 3 atom stereocenters. The molecule has 0 radical (unpaired) electrons. The summed E-state index contributed by atoms with van der Waals surface area (Å²) < 4.78 is 6.06. The number of benzene rings is 4. The van der Waals surface area contributed by atoms with E-state index in [1.54, 1.807) is 40.1 Å². The Hall–Kier alpha value is -9.07. The molecule has 12 N–H and O–H groups in total. The van der Waals surface area contributed by atoms with E-state index in [1.165, 1.54) is 36.4 Å². The Labute approximate surface area is 482 Å². The smallest absolute Gasteiger partial charge is 0.409 e. The third-order valence-electron chi connectivity index (χ3n) is 14.5. The van der Waals surface area contributed by atoms with Crippen molar-refractivity contribution in [3.8, 4) is 5.75 Å². The van der Waals surface area contributed by atoms with Gasteiger partial charge in [0.2, 0.25) is 17.7 Å². The first kappa shape index (κ1) is 60.0. The average molecular weight is 1160 g/mol. The summed E-state index contributed by atoms with van der Waals surface area (Å²) in [6.07, 6.45) is 3.00. The Bertz CT molecular complexity index is 3290. The van der Waals surface area contributed by atoms with Gasteiger partial charge in [-0.3, -0.25) is 38.5 Å².